The van der Waals surface area contributed by atoms with Crippen LogP contribution in [-0.4, -0.2) is 0 Å². The first kappa shape index (κ1) is 24.9. The fourth-order valence-electron chi connectivity index (χ4n) is 7.34. The number of benzene rings is 6. The van der Waals surface area contributed by atoms with Gasteiger partial charge in [0, 0.05) is 22.0 Å². The third-order valence-electron chi connectivity index (χ3n) is 9.65. The Morgan fingerprint density at radius 3 is 1.67 bits per heavy atom. The van der Waals surface area contributed by atoms with Gasteiger partial charge in [-0.25, -0.2) is 0 Å². The van der Waals surface area contributed by atoms with Crippen molar-refractivity contribution in [3.63, 3.8) is 0 Å². The number of para-hydroxylation sites is 1. The third-order valence-corrected chi connectivity index (χ3v) is 9.65. The summed E-state index contributed by atoms with van der Waals surface area (Å²) in [5, 5.41) is 0. The van der Waals surface area contributed by atoms with E-state index in [-0.39, 0.29) is 10.8 Å². The molecule has 0 fully saturated rings. The Balaban J connectivity index is 1.28. The summed E-state index contributed by atoms with van der Waals surface area (Å²) in [6, 6.07) is 50.8. The molecule has 1 atom stereocenters. The first-order valence-corrected chi connectivity index (χ1v) is 14.8. The molecular weight excluding hydrogens is 508 g/mol. The Kier molecular flexibility index (Phi) is 5.37. The highest BCUT2D eigenvalue weighted by Crippen LogP contribution is 2.54. The van der Waals surface area contributed by atoms with Crippen LogP contribution < -0.4 is 4.74 Å². The summed E-state index contributed by atoms with van der Waals surface area (Å²) in [6.45, 7) is 6.98. The molecule has 0 spiro atoms. The second kappa shape index (κ2) is 9.06. The van der Waals surface area contributed by atoms with Crippen molar-refractivity contribution in [3.8, 4) is 44.9 Å². The van der Waals surface area contributed by atoms with E-state index in [9.17, 15) is 0 Å². The molecule has 1 heteroatoms. The second-order valence-corrected chi connectivity index (χ2v) is 12.3. The molecule has 202 valence electrons. The summed E-state index contributed by atoms with van der Waals surface area (Å²) in [7, 11) is 0. The van der Waals surface area contributed by atoms with Gasteiger partial charge >= 0.3 is 0 Å². The quantitative estimate of drug-likeness (QED) is 0.217. The molecule has 0 aromatic heterocycles. The van der Waals surface area contributed by atoms with Crippen LogP contribution in [0.5, 0.6) is 11.5 Å². The summed E-state index contributed by atoms with van der Waals surface area (Å²) < 4.78 is 6.36. The van der Waals surface area contributed by atoms with Crippen molar-refractivity contribution in [2.45, 2.75) is 31.6 Å². The zero-order valence-corrected chi connectivity index (χ0v) is 24.2. The first-order valence-electron chi connectivity index (χ1n) is 14.8. The molecule has 2 aliphatic rings. The molecule has 1 heterocycles. The van der Waals surface area contributed by atoms with Gasteiger partial charge in [0.15, 0.2) is 0 Å². The second-order valence-electron chi connectivity index (χ2n) is 12.3. The van der Waals surface area contributed by atoms with E-state index in [1.165, 1.54) is 61.2 Å². The Hall–Kier alpha value is -4.88. The number of rotatable bonds is 3. The lowest BCUT2D eigenvalue weighted by molar-refractivity contribution is 0.418. The fourth-order valence-corrected chi connectivity index (χ4v) is 7.34. The minimum absolute atomic E-state index is 0.161. The van der Waals surface area contributed by atoms with Gasteiger partial charge in [0.05, 0.1) is 0 Å². The van der Waals surface area contributed by atoms with E-state index in [4.69, 9.17) is 4.74 Å². The molecule has 6 aromatic carbocycles. The molecule has 42 heavy (non-hydrogen) atoms. The van der Waals surface area contributed by atoms with Crippen LogP contribution in [0.4, 0.5) is 0 Å². The fraction of sp³-hybridized carbons (Fsp3) is 0.122. The van der Waals surface area contributed by atoms with Gasteiger partial charge in [-0.3, -0.25) is 0 Å². The zero-order valence-electron chi connectivity index (χ0n) is 24.2. The molecule has 0 bridgehead atoms. The number of hydrogen-bond acceptors (Lipinski definition) is 1. The van der Waals surface area contributed by atoms with Crippen molar-refractivity contribution in [1.29, 1.82) is 0 Å². The molecule has 1 aliphatic heterocycles. The molecule has 0 saturated carbocycles. The Morgan fingerprint density at radius 2 is 0.929 bits per heavy atom. The number of ether oxygens (including phenoxy) is 1. The molecule has 6 aromatic rings. The van der Waals surface area contributed by atoms with Crippen molar-refractivity contribution in [2.75, 3.05) is 0 Å². The third kappa shape index (κ3) is 3.50. The average molecular weight is 541 g/mol. The smallest absolute Gasteiger partial charge is 0.131 e. The highest BCUT2D eigenvalue weighted by molar-refractivity contribution is 5.89. The van der Waals surface area contributed by atoms with Crippen LogP contribution in [0, 0.1) is 0 Å². The minimum atomic E-state index is -0.223. The van der Waals surface area contributed by atoms with Crippen molar-refractivity contribution in [2.24, 2.45) is 0 Å². The van der Waals surface area contributed by atoms with Crippen molar-refractivity contribution < 1.29 is 4.74 Å². The molecule has 0 radical (unpaired) electrons. The molecule has 8 rings (SSSR count). The topological polar surface area (TPSA) is 9.23 Å². The number of hydrogen-bond donors (Lipinski definition) is 0. The van der Waals surface area contributed by atoms with Gasteiger partial charge in [0.25, 0.3) is 0 Å². The van der Waals surface area contributed by atoms with Crippen LogP contribution in [0.3, 0.4) is 0 Å². The van der Waals surface area contributed by atoms with E-state index < -0.39 is 0 Å². The summed E-state index contributed by atoms with van der Waals surface area (Å²) >= 11 is 0. The van der Waals surface area contributed by atoms with Gasteiger partial charge in [-0.05, 0) is 81.3 Å². The summed E-state index contributed by atoms with van der Waals surface area (Å²) in [4.78, 5) is 0. The largest absolute Gasteiger partial charge is 0.457 e. The monoisotopic (exact) mass is 540 g/mol. The maximum Gasteiger partial charge on any atom is 0.131 e. The van der Waals surface area contributed by atoms with Crippen molar-refractivity contribution >= 4 is 0 Å². The van der Waals surface area contributed by atoms with Gasteiger partial charge in [0.2, 0.25) is 0 Å². The zero-order chi connectivity index (χ0) is 28.5. The van der Waals surface area contributed by atoms with Gasteiger partial charge in [-0.1, -0.05) is 129 Å². The van der Waals surface area contributed by atoms with Crippen molar-refractivity contribution in [1.82, 2.24) is 0 Å². The van der Waals surface area contributed by atoms with Gasteiger partial charge < -0.3 is 4.74 Å². The summed E-state index contributed by atoms with van der Waals surface area (Å²) in [6.07, 6.45) is 0. The van der Waals surface area contributed by atoms with Crippen LogP contribution >= 0.6 is 0 Å². The van der Waals surface area contributed by atoms with Gasteiger partial charge in [0.1, 0.15) is 11.5 Å². The molecular formula is C41H32O. The van der Waals surface area contributed by atoms with Crippen LogP contribution in [0.1, 0.15) is 48.6 Å². The van der Waals surface area contributed by atoms with Crippen LogP contribution in [-0.2, 0) is 10.8 Å². The Bertz CT molecular complexity index is 2000. The molecule has 1 aliphatic carbocycles. The van der Waals surface area contributed by atoms with E-state index in [1.807, 2.05) is 6.07 Å². The predicted octanol–water partition coefficient (Wildman–Crippen LogP) is 10.8. The summed E-state index contributed by atoms with van der Waals surface area (Å²) in [5.74, 6) is 1.89. The lowest BCUT2D eigenvalue weighted by Crippen LogP contribution is -2.24. The van der Waals surface area contributed by atoms with E-state index in [2.05, 4.69) is 154 Å². The first-order chi connectivity index (χ1) is 20.5. The number of fused-ring (bicyclic) bond motifs is 5. The van der Waals surface area contributed by atoms with Crippen molar-refractivity contribution in [3.05, 3.63) is 167 Å². The Labute approximate surface area is 248 Å². The predicted molar refractivity (Wildman–Crippen MR) is 173 cm³/mol. The standard InChI is InChI=1S/C41H32O/c1-40(2)35-19-11-12-20-38(35)42-39-24-22-28(26-37(39)40)31-16-8-7-15-30(31)27-21-23-33-32-17-9-10-18-34(32)41(3,36(33)25-27)29-13-5-4-6-14-29/h4-26H,1-3H3. The van der Waals surface area contributed by atoms with E-state index >= 15 is 0 Å². The van der Waals surface area contributed by atoms with Crippen LogP contribution in [0.15, 0.2) is 140 Å². The van der Waals surface area contributed by atoms with Gasteiger partial charge in [-0.15, -0.1) is 0 Å². The SMILES string of the molecule is CC1(C)c2ccccc2Oc2ccc(-c3ccccc3-c3ccc4c(c3)C(C)(c3ccccc3)c3ccccc3-4)cc21. The molecule has 0 amide bonds. The molecule has 1 nitrogen and oxygen atoms in total. The summed E-state index contributed by atoms with van der Waals surface area (Å²) in [5.41, 5.74) is 13.7. The Morgan fingerprint density at radius 1 is 0.405 bits per heavy atom. The van der Waals surface area contributed by atoms with E-state index in [0.717, 1.165) is 11.5 Å². The molecule has 1 unspecified atom stereocenters. The van der Waals surface area contributed by atoms with Crippen LogP contribution in [0.25, 0.3) is 33.4 Å². The maximum absolute atomic E-state index is 6.36. The van der Waals surface area contributed by atoms with Gasteiger partial charge in [-0.2, -0.15) is 0 Å². The highest BCUT2D eigenvalue weighted by atomic mass is 16.5. The van der Waals surface area contributed by atoms with E-state index in [0.29, 0.717) is 0 Å². The molecule has 0 N–H and O–H groups in total. The lowest BCUT2D eigenvalue weighted by atomic mass is 9.73. The highest BCUT2D eigenvalue weighted by Gasteiger charge is 2.41. The maximum atomic E-state index is 6.36. The lowest BCUT2D eigenvalue weighted by Gasteiger charge is -2.34. The van der Waals surface area contributed by atoms with Crippen LogP contribution in [0.2, 0.25) is 0 Å². The average Bonchev–Trinajstić information content (AvgIpc) is 3.30. The normalized spacial score (nSPS) is 17.4. The minimum Gasteiger partial charge on any atom is -0.457 e. The molecule has 0 saturated heterocycles. The van der Waals surface area contributed by atoms with E-state index in [1.54, 1.807) is 0 Å².